The minimum Gasteiger partial charge on any atom is -0.497 e. The smallest absolute Gasteiger partial charge is 0.337 e. The predicted octanol–water partition coefficient (Wildman–Crippen LogP) is 4.49. The molecule has 0 amide bonds. The molecule has 0 spiro atoms. The number of nitrogens with zero attached hydrogens (tertiary/aromatic N) is 3. The van der Waals surface area contributed by atoms with Crippen LogP contribution in [0.25, 0.3) is 16.6 Å². The molecule has 2 aromatic heterocycles. The number of anilines is 2. The summed E-state index contributed by atoms with van der Waals surface area (Å²) in [6, 6.07) is 17.5. The summed E-state index contributed by atoms with van der Waals surface area (Å²) in [6.07, 6.45) is 0. The Morgan fingerprint density at radius 2 is 1.70 bits per heavy atom. The number of aromatic nitrogens is 3. The minimum absolute atomic E-state index is 0.00272. The molecule has 1 N–H and O–H groups in total. The summed E-state index contributed by atoms with van der Waals surface area (Å²) >= 11 is 1.98. The highest BCUT2D eigenvalue weighted by molar-refractivity contribution is 14.1. The summed E-state index contributed by atoms with van der Waals surface area (Å²) in [4.78, 5) is 54.3. The number of aryl methyl sites for hydroxylation is 1. The summed E-state index contributed by atoms with van der Waals surface area (Å²) < 4.78 is 29.2. The summed E-state index contributed by atoms with van der Waals surface area (Å²) in [5.74, 6) is -0.624. The maximum Gasteiger partial charge on any atom is 0.337 e. The van der Waals surface area contributed by atoms with E-state index in [-0.39, 0.29) is 45.8 Å². The summed E-state index contributed by atoms with van der Waals surface area (Å²) in [5, 5.41) is 2.91. The molecular formula is C31H26FIN4O6. The molecule has 3 aromatic carbocycles. The van der Waals surface area contributed by atoms with Gasteiger partial charge in [0.2, 0.25) is 0 Å². The van der Waals surface area contributed by atoms with Gasteiger partial charge in [-0.15, -0.1) is 0 Å². The van der Waals surface area contributed by atoms with Crippen molar-refractivity contribution in [1.82, 2.24) is 13.7 Å². The van der Waals surface area contributed by atoms with Crippen molar-refractivity contribution in [1.29, 1.82) is 0 Å². The van der Waals surface area contributed by atoms with Gasteiger partial charge in [-0.2, -0.15) is 0 Å². The van der Waals surface area contributed by atoms with Crippen molar-refractivity contribution in [2.24, 2.45) is 7.05 Å². The lowest BCUT2D eigenvalue weighted by Crippen LogP contribution is -2.42. The molecule has 220 valence electrons. The SMILES string of the molecule is COC(=O)c1cccc(-n2c(=O)n(Cc3ccc(OC)cc3)c(=O)c3c(Nc4ccc(I)cc4F)n(C)c(=O)c(C)c32)c1. The van der Waals surface area contributed by atoms with E-state index < -0.39 is 28.6 Å². The maximum atomic E-state index is 15.0. The second kappa shape index (κ2) is 11.9. The first-order valence-corrected chi connectivity index (χ1v) is 14.1. The van der Waals surface area contributed by atoms with Crippen molar-refractivity contribution in [2.75, 3.05) is 19.5 Å². The number of ether oxygens (including phenoxy) is 2. The summed E-state index contributed by atoms with van der Waals surface area (Å²) in [5.41, 5.74) is -0.745. The molecular weight excluding hydrogens is 670 g/mol. The highest BCUT2D eigenvalue weighted by Crippen LogP contribution is 2.28. The first-order chi connectivity index (χ1) is 20.5. The molecule has 0 unspecified atom stereocenters. The number of pyridine rings is 1. The Hall–Kier alpha value is -4.72. The molecule has 0 fully saturated rings. The number of halogens is 2. The molecule has 5 rings (SSSR count). The molecule has 0 saturated carbocycles. The van der Waals surface area contributed by atoms with E-state index >= 15 is 0 Å². The standard InChI is InChI=1S/C31H26FIN4O6/c1-17-26-25(27(35(2)28(17)38)34-24-13-10-20(33)15-23(24)32)29(39)36(16-18-8-11-22(42-3)12-9-18)31(41)37(26)21-7-5-6-19(14-21)30(40)43-4/h5-15,34H,16H2,1-4H3. The number of carbonyl (C=O) groups is 1. The van der Waals surface area contributed by atoms with Gasteiger partial charge in [0.1, 0.15) is 22.8 Å². The number of hydrogen-bond donors (Lipinski definition) is 1. The monoisotopic (exact) mass is 696 g/mol. The topological polar surface area (TPSA) is 114 Å². The van der Waals surface area contributed by atoms with Crippen molar-refractivity contribution >= 4 is 51.0 Å². The van der Waals surface area contributed by atoms with Gasteiger partial charge in [0.25, 0.3) is 11.1 Å². The van der Waals surface area contributed by atoms with Crippen molar-refractivity contribution in [3.8, 4) is 11.4 Å². The molecule has 0 bridgehead atoms. The van der Waals surface area contributed by atoms with Gasteiger partial charge >= 0.3 is 11.7 Å². The van der Waals surface area contributed by atoms with E-state index in [0.29, 0.717) is 14.9 Å². The fourth-order valence-corrected chi connectivity index (χ4v) is 5.34. The van der Waals surface area contributed by atoms with Crippen molar-refractivity contribution in [3.05, 3.63) is 124 Å². The zero-order valence-corrected chi connectivity index (χ0v) is 25.8. The Bertz CT molecular complexity index is 2080. The highest BCUT2D eigenvalue weighted by Gasteiger charge is 2.24. The van der Waals surface area contributed by atoms with E-state index in [1.54, 1.807) is 42.5 Å². The number of hydrogen-bond acceptors (Lipinski definition) is 7. The third kappa shape index (κ3) is 5.45. The van der Waals surface area contributed by atoms with Crippen LogP contribution in [0.3, 0.4) is 0 Å². The average Bonchev–Trinajstić information content (AvgIpc) is 3.01. The second-order valence-corrected chi connectivity index (χ2v) is 11.0. The van der Waals surface area contributed by atoms with Gasteiger partial charge in [0.15, 0.2) is 0 Å². The van der Waals surface area contributed by atoms with E-state index in [1.807, 2.05) is 22.6 Å². The zero-order chi connectivity index (χ0) is 31.0. The van der Waals surface area contributed by atoms with E-state index in [9.17, 15) is 23.6 Å². The van der Waals surface area contributed by atoms with E-state index in [4.69, 9.17) is 9.47 Å². The van der Waals surface area contributed by atoms with Crippen molar-refractivity contribution < 1.29 is 18.7 Å². The van der Waals surface area contributed by atoms with Crippen LogP contribution in [-0.4, -0.2) is 33.9 Å². The summed E-state index contributed by atoms with van der Waals surface area (Å²) in [6.45, 7) is 1.39. The van der Waals surface area contributed by atoms with E-state index in [1.165, 1.54) is 61.6 Å². The van der Waals surface area contributed by atoms with Gasteiger partial charge in [0.05, 0.1) is 43.2 Å². The van der Waals surface area contributed by atoms with Crippen LogP contribution in [0.4, 0.5) is 15.9 Å². The van der Waals surface area contributed by atoms with Crippen LogP contribution in [-0.2, 0) is 18.3 Å². The fourth-order valence-electron chi connectivity index (χ4n) is 4.89. The summed E-state index contributed by atoms with van der Waals surface area (Å²) in [7, 11) is 4.23. The molecule has 43 heavy (non-hydrogen) atoms. The predicted molar refractivity (Wildman–Crippen MR) is 170 cm³/mol. The van der Waals surface area contributed by atoms with Crippen LogP contribution >= 0.6 is 22.6 Å². The molecule has 10 nitrogen and oxygen atoms in total. The first kappa shape index (κ1) is 29.8. The van der Waals surface area contributed by atoms with Gasteiger partial charge in [-0.3, -0.25) is 23.3 Å². The average molecular weight is 696 g/mol. The van der Waals surface area contributed by atoms with Crippen LogP contribution < -0.4 is 26.9 Å². The lowest BCUT2D eigenvalue weighted by Gasteiger charge is -2.21. The lowest BCUT2D eigenvalue weighted by molar-refractivity contribution is 0.0600. The van der Waals surface area contributed by atoms with Crippen LogP contribution in [0.1, 0.15) is 21.5 Å². The minimum atomic E-state index is -0.738. The highest BCUT2D eigenvalue weighted by atomic mass is 127. The first-order valence-electron chi connectivity index (χ1n) is 13.0. The van der Waals surface area contributed by atoms with E-state index in [0.717, 1.165) is 4.57 Å². The number of esters is 1. The number of methoxy groups -OCH3 is 2. The maximum absolute atomic E-state index is 15.0. The zero-order valence-electron chi connectivity index (χ0n) is 23.6. The molecule has 0 saturated heterocycles. The second-order valence-electron chi connectivity index (χ2n) is 9.71. The molecule has 0 aliphatic heterocycles. The van der Waals surface area contributed by atoms with Crippen molar-refractivity contribution in [3.63, 3.8) is 0 Å². The fraction of sp³-hybridized carbons (Fsp3) is 0.161. The van der Waals surface area contributed by atoms with Crippen molar-refractivity contribution in [2.45, 2.75) is 13.5 Å². The number of rotatable bonds is 7. The van der Waals surface area contributed by atoms with Gasteiger partial charge in [0, 0.05) is 16.2 Å². The third-order valence-electron chi connectivity index (χ3n) is 7.10. The van der Waals surface area contributed by atoms with Crippen LogP contribution in [0.5, 0.6) is 5.75 Å². The Kier molecular flexibility index (Phi) is 8.22. The quantitative estimate of drug-likeness (QED) is 0.197. The molecule has 12 heteroatoms. The molecule has 0 atom stereocenters. The number of fused-ring (bicyclic) bond motifs is 1. The molecule has 5 aromatic rings. The lowest BCUT2D eigenvalue weighted by atomic mass is 10.1. The third-order valence-corrected chi connectivity index (χ3v) is 7.77. The molecule has 0 aliphatic rings. The normalized spacial score (nSPS) is 11.0. The molecule has 2 heterocycles. The van der Waals surface area contributed by atoms with Gasteiger partial charge in [-0.1, -0.05) is 18.2 Å². The molecule has 0 aliphatic carbocycles. The largest absolute Gasteiger partial charge is 0.497 e. The number of carbonyl (C=O) groups excluding carboxylic acids is 1. The number of nitrogens with one attached hydrogen (secondary N) is 1. The van der Waals surface area contributed by atoms with Gasteiger partial charge in [-0.25, -0.2) is 14.0 Å². The Labute approximate surface area is 258 Å². The molecule has 0 radical (unpaired) electrons. The van der Waals surface area contributed by atoms with Gasteiger partial charge < -0.3 is 14.8 Å². The Morgan fingerprint density at radius 1 is 0.977 bits per heavy atom. The number of benzene rings is 3. The van der Waals surface area contributed by atoms with Gasteiger partial charge in [-0.05, 0) is 83.6 Å². The van der Waals surface area contributed by atoms with Crippen LogP contribution in [0.2, 0.25) is 0 Å². The Balaban J connectivity index is 1.90. The van der Waals surface area contributed by atoms with Crippen LogP contribution in [0, 0.1) is 16.3 Å². The van der Waals surface area contributed by atoms with E-state index in [2.05, 4.69) is 5.32 Å². The Morgan fingerprint density at radius 3 is 2.35 bits per heavy atom. The van der Waals surface area contributed by atoms with Crippen LogP contribution in [0.15, 0.2) is 81.1 Å².